The van der Waals surface area contributed by atoms with Crippen LogP contribution >= 0.6 is 0 Å². The number of anilines is 1. The zero-order chi connectivity index (χ0) is 15.5. The lowest BCUT2D eigenvalue weighted by Crippen LogP contribution is -2.44. The number of hydrogen-bond donors (Lipinski definition) is 2. The second-order valence-electron chi connectivity index (χ2n) is 5.02. The lowest BCUT2D eigenvalue weighted by molar-refractivity contribution is 0.179. The minimum atomic E-state index is 0.236. The first kappa shape index (κ1) is 17.3. The van der Waals surface area contributed by atoms with E-state index in [0.717, 1.165) is 25.6 Å². The smallest absolute Gasteiger partial charge is 0.191 e. The maximum atomic E-state index is 5.13. The van der Waals surface area contributed by atoms with E-state index in [0.29, 0.717) is 6.61 Å². The Morgan fingerprint density at radius 1 is 1.33 bits per heavy atom. The van der Waals surface area contributed by atoms with E-state index in [-0.39, 0.29) is 6.04 Å². The van der Waals surface area contributed by atoms with Gasteiger partial charge in [0.2, 0.25) is 0 Å². The molecule has 2 N–H and O–H groups in total. The Bertz CT molecular complexity index is 408. The fourth-order valence-corrected chi connectivity index (χ4v) is 1.97. The molecule has 5 nitrogen and oxygen atoms in total. The van der Waals surface area contributed by atoms with Crippen molar-refractivity contribution < 1.29 is 4.74 Å². The normalized spacial score (nSPS) is 12.9. The molecule has 0 radical (unpaired) electrons. The van der Waals surface area contributed by atoms with Gasteiger partial charge in [0.15, 0.2) is 5.96 Å². The zero-order valence-corrected chi connectivity index (χ0v) is 13.6. The Morgan fingerprint density at radius 2 is 2.05 bits per heavy atom. The Labute approximate surface area is 128 Å². The number of ether oxygens (including phenoxy) is 1. The van der Waals surface area contributed by atoms with E-state index in [2.05, 4.69) is 53.6 Å². The van der Waals surface area contributed by atoms with Gasteiger partial charge in [-0.05, 0) is 26.0 Å². The molecule has 1 aromatic rings. The first-order valence-corrected chi connectivity index (χ1v) is 7.47. The minimum absolute atomic E-state index is 0.236. The molecule has 0 aliphatic heterocycles. The first-order chi connectivity index (χ1) is 10.2. The number of hydrogen-bond acceptors (Lipinski definition) is 3. The van der Waals surface area contributed by atoms with Crippen molar-refractivity contribution in [3.8, 4) is 0 Å². The van der Waals surface area contributed by atoms with Gasteiger partial charge in [-0.25, -0.2) is 0 Å². The van der Waals surface area contributed by atoms with Crippen molar-refractivity contribution in [3.63, 3.8) is 0 Å². The summed E-state index contributed by atoms with van der Waals surface area (Å²) in [5.74, 6) is 0.837. The van der Waals surface area contributed by atoms with E-state index >= 15 is 0 Å². The third-order valence-corrected chi connectivity index (χ3v) is 3.05. The summed E-state index contributed by atoms with van der Waals surface area (Å²) in [4.78, 5) is 6.80. The van der Waals surface area contributed by atoms with Crippen LogP contribution in [0.3, 0.4) is 0 Å². The van der Waals surface area contributed by atoms with Crippen LogP contribution < -0.4 is 15.5 Å². The van der Waals surface area contributed by atoms with Crippen LogP contribution in [0.1, 0.15) is 13.8 Å². The van der Waals surface area contributed by atoms with Gasteiger partial charge in [0.05, 0.1) is 13.2 Å². The summed E-state index contributed by atoms with van der Waals surface area (Å²) in [6.45, 7) is 7.26. The van der Waals surface area contributed by atoms with Crippen LogP contribution in [-0.2, 0) is 4.74 Å². The predicted molar refractivity (Wildman–Crippen MR) is 90.2 cm³/mol. The molecule has 0 saturated heterocycles. The fraction of sp³-hybridized carbons (Fsp3) is 0.562. The Morgan fingerprint density at radius 3 is 2.67 bits per heavy atom. The van der Waals surface area contributed by atoms with Gasteiger partial charge in [0.1, 0.15) is 0 Å². The lowest BCUT2D eigenvalue weighted by atomic mass is 10.3. The van der Waals surface area contributed by atoms with E-state index in [1.165, 1.54) is 5.69 Å². The summed E-state index contributed by atoms with van der Waals surface area (Å²) in [5.41, 5.74) is 1.21. The van der Waals surface area contributed by atoms with Crippen LogP contribution in [0.5, 0.6) is 0 Å². The third-order valence-electron chi connectivity index (χ3n) is 3.05. The van der Waals surface area contributed by atoms with Gasteiger partial charge in [-0.2, -0.15) is 0 Å². The molecule has 5 heteroatoms. The summed E-state index contributed by atoms with van der Waals surface area (Å²) < 4.78 is 5.13. The average molecular weight is 292 g/mol. The lowest BCUT2D eigenvalue weighted by Gasteiger charge is -2.20. The van der Waals surface area contributed by atoms with Gasteiger partial charge < -0.3 is 20.3 Å². The van der Waals surface area contributed by atoms with Crippen LogP contribution in [0.25, 0.3) is 0 Å². The van der Waals surface area contributed by atoms with Crippen molar-refractivity contribution in [1.29, 1.82) is 0 Å². The molecule has 1 rings (SSSR count). The molecule has 0 aliphatic rings. The molecule has 0 amide bonds. The number of likely N-dealkylation sites (N-methyl/N-ethyl adjacent to an activating group) is 1. The summed E-state index contributed by atoms with van der Waals surface area (Å²) in [5, 5.41) is 6.58. The van der Waals surface area contributed by atoms with Gasteiger partial charge >= 0.3 is 0 Å². The van der Waals surface area contributed by atoms with Crippen LogP contribution in [-0.4, -0.2) is 52.4 Å². The maximum absolute atomic E-state index is 5.13. The summed E-state index contributed by atoms with van der Waals surface area (Å²) in [6.07, 6.45) is 0. The number of rotatable bonds is 8. The molecule has 1 aromatic carbocycles. The number of aliphatic imine (C=N–C) groups is 1. The number of guanidine groups is 1. The highest BCUT2D eigenvalue weighted by Crippen LogP contribution is 2.09. The van der Waals surface area contributed by atoms with Gasteiger partial charge in [0.25, 0.3) is 0 Å². The molecule has 0 spiro atoms. The highest BCUT2D eigenvalue weighted by molar-refractivity contribution is 5.80. The summed E-state index contributed by atoms with van der Waals surface area (Å²) in [6, 6.07) is 10.6. The highest BCUT2D eigenvalue weighted by Gasteiger charge is 2.04. The van der Waals surface area contributed by atoms with E-state index in [1.807, 2.05) is 18.2 Å². The van der Waals surface area contributed by atoms with E-state index < -0.39 is 0 Å². The molecule has 0 aromatic heterocycles. The molecule has 21 heavy (non-hydrogen) atoms. The standard InChI is InChI=1S/C16H28N4O/c1-5-17-16(19-14(2)13-21-4)18-11-12-20(3)15-9-7-6-8-10-15/h6-10,14H,5,11-13H2,1-4H3,(H2,17,18,19). The van der Waals surface area contributed by atoms with Gasteiger partial charge in [-0.15, -0.1) is 0 Å². The van der Waals surface area contributed by atoms with Crippen molar-refractivity contribution in [1.82, 2.24) is 10.6 Å². The second kappa shape index (κ2) is 10.0. The number of para-hydroxylation sites is 1. The molecule has 0 bridgehead atoms. The van der Waals surface area contributed by atoms with Crippen molar-refractivity contribution in [2.75, 3.05) is 45.3 Å². The topological polar surface area (TPSA) is 48.9 Å². The van der Waals surface area contributed by atoms with E-state index in [1.54, 1.807) is 7.11 Å². The molecule has 0 fully saturated rings. The van der Waals surface area contributed by atoms with E-state index in [9.17, 15) is 0 Å². The second-order valence-corrected chi connectivity index (χ2v) is 5.02. The van der Waals surface area contributed by atoms with Crippen LogP contribution in [0.2, 0.25) is 0 Å². The number of methoxy groups -OCH3 is 1. The van der Waals surface area contributed by atoms with Crippen molar-refractivity contribution in [2.45, 2.75) is 19.9 Å². The molecular weight excluding hydrogens is 264 g/mol. The average Bonchev–Trinajstić information content (AvgIpc) is 2.48. The number of nitrogens with one attached hydrogen (secondary N) is 2. The zero-order valence-electron chi connectivity index (χ0n) is 13.6. The van der Waals surface area contributed by atoms with Crippen molar-refractivity contribution in [2.24, 2.45) is 4.99 Å². The van der Waals surface area contributed by atoms with Gasteiger partial charge in [-0.1, -0.05) is 18.2 Å². The predicted octanol–water partition coefficient (Wildman–Crippen LogP) is 1.71. The van der Waals surface area contributed by atoms with Crippen LogP contribution in [0.4, 0.5) is 5.69 Å². The fourth-order valence-electron chi connectivity index (χ4n) is 1.97. The number of benzene rings is 1. The van der Waals surface area contributed by atoms with Crippen molar-refractivity contribution >= 4 is 11.6 Å². The van der Waals surface area contributed by atoms with Crippen LogP contribution in [0, 0.1) is 0 Å². The maximum Gasteiger partial charge on any atom is 0.191 e. The van der Waals surface area contributed by atoms with Gasteiger partial charge in [0, 0.05) is 39.0 Å². The quantitative estimate of drug-likeness (QED) is 0.566. The molecule has 0 heterocycles. The monoisotopic (exact) mass is 292 g/mol. The van der Waals surface area contributed by atoms with Gasteiger partial charge in [-0.3, -0.25) is 4.99 Å². The molecule has 0 saturated carbocycles. The number of nitrogens with zero attached hydrogens (tertiary/aromatic N) is 2. The molecule has 0 aliphatic carbocycles. The Balaban J connectivity index is 2.46. The Kier molecular flexibility index (Phi) is 8.28. The Hall–Kier alpha value is -1.75. The minimum Gasteiger partial charge on any atom is -0.383 e. The third kappa shape index (κ3) is 6.99. The summed E-state index contributed by atoms with van der Waals surface area (Å²) >= 11 is 0. The SMILES string of the molecule is CCNC(=NCCN(C)c1ccccc1)NC(C)COC. The first-order valence-electron chi connectivity index (χ1n) is 7.47. The van der Waals surface area contributed by atoms with Crippen LogP contribution in [0.15, 0.2) is 35.3 Å². The summed E-state index contributed by atoms with van der Waals surface area (Å²) in [7, 11) is 3.79. The van der Waals surface area contributed by atoms with Crippen molar-refractivity contribution in [3.05, 3.63) is 30.3 Å². The molecular formula is C16H28N4O. The van der Waals surface area contributed by atoms with E-state index in [4.69, 9.17) is 4.74 Å². The molecule has 1 atom stereocenters. The molecule has 118 valence electrons. The largest absolute Gasteiger partial charge is 0.383 e. The molecule has 1 unspecified atom stereocenters. The highest BCUT2D eigenvalue weighted by atomic mass is 16.5.